The molecular formula is C18H24F3N3O. The lowest BCUT2D eigenvalue weighted by Gasteiger charge is -2.34. The predicted octanol–water partition coefficient (Wildman–Crippen LogP) is 3.77. The van der Waals surface area contributed by atoms with E-state index in [9.17, 15) is 18.0 Å². The molecule has 0 spiro atoms. The van der Waals surface area contributed by atoms with Crippen LogP contribution in [-0.2, 0) is 11.0 Å². The average Bonchev–Trinajstić information content (AvgIpc) is 2.62. The number of rotatable bonds is 3. The van der Waals surface area contributed by atoms with Crippen LogP contribution in [0.15, 0.2) is 18.3 Å². The molecule has 7 heteroatoms. The Hall–Kier alpha value is -1.79. The second kappa shape index (κ2) is 7.62. The Balaban J connectivity index is 1.59. The highest BCUT2D eigenvalue weighted by atomic mass is 19.4. The van der Waals surface area contributed by atoms with E-state index in [0.717, 1.165) is 50.8 Å². The molecule has 25 heavy (non-hydrogen) atoms. The van der Waals surface area contributed by atoms with Crippen LogP contribution in [0.25, 0.3) is 0 Å². The Morgan fingerprint density at radius 1 is 1.12 bits per heavy atom. The number of anilines is 1. The van der Waals surface area contributed by atoms with Gasteiger partial charge in [-0.3, -0.25) is 4.79 Å². The van der Waals surface area contributed by atoms with Crippen molar-refractivity contribution in [3.63, 3.8) is 0 Å². The van der Waals surface area contributed by atoms with Crippen LogP contribution in [0.3, 0.4) is 0 Å². The number of aromatic nitrogens is 1. The minimum atomic E-state index is -4.38. The first kappa shape index (κ1) is 18.0. The third kappa shape index (κ3) is 4.64. The molecule has 1 amide bonds. The molecule has 1 aromatic rings. The zero-order chi connectivity index (χ0) is 17.9. The third-order valence-electron chi connectivity index (χ3n) is 5.14. The molecule has 0 radical (unpaired) electrons. The molecule has 1 atom stereocenters. The number of halogens is 3. The summed E-state index contributed by atoms with van der Waals surface area (Å²) < 4.78 is 37.9. The number of hydrogen-bond donors (Lipinski definition) is 1. The van der Waals surface area contributed by atoms with Crippen LogP contribution >= 0.6 is 0 Å². The molecule has 1 aromatic heterocycles. The quantitative estimate of drug-likeness (QED) is 0.898. The summed E-state index contributed by atoms with van der Waals surface area (Å²) in [7, 11) is 0. The van der Waals surface area contributed by atoms with Crippen molar-refractivity contribution in [2.45, 2.75) is 57.2 Å². The number of piperidine rings is 1. The van der Waals surface area contributed by atoms with E-state index < -0.39 is 11.7 Å². The van der Waals surface area contributed by atoms with Crippen molar-refractivity contribution in [3.8, 4) is 0 Å². The predicted molar refractivity (Wildman–Crippen MR) is 89.2 cm³/mol. The number of hydrogen-bond acceptors (Lipinski definition) is 3. The molecule has 0 bridgehead atoms. The Kier molecular flexibility index (Phi) is 5.49. The van der Waals surface area contributed by atoms with Crippen LogP contribution in [-0.4, -0.2) is 30.0 Å². The monoisotopic (exact) mass is 355 g/mol. The van der Waals surface area contributed by atoms with Crippen molar-refractivity contribution in [3.05, 3.63) is 23.9 Å². The van der Waals surface area contributed by atoms with Crippen LogP contribution in [0, 0.1) is 5.92 Å². The van der Waals surface area contributed by atoms with Gasteiger partial charge in [-0.25, -0.2) is 4.98 Å². The van der Waals surface area contributed by atoms with E-state index in [0.29, 0.717) is 18.9 Å². The zero-order valence-corrected chi connectivity index (χ0v) is 14.2. The molecule has 2 heterocycles. The first-order valence-corrected chi connectivity index (χ1v) is 9.02. The van der Waals surface area contributed by atoms with Gasteiger partial charge < -0.3 is 10.2 Å². The normalized spacial score (nSPS) is 22.7. The van der Waals surface area contributed by atoms with Gasteiger partial charge in [0.15, 0.2) is 0 Å². The Morgan fingerprint density at radius 3 is 2.52 bits per heavy atom. The molecule has 1 aliphatic carbocycles. The summed E-state index contributed by atoms with van der Waals surface area (Å²) in [5, 5.41) is 3.15. The van der Waals surface area contributed by atoms with Crippen LogP contribution in [0.4, 0.5) is 19.0 Å². The molecule has 2 aliphatic rings. The van der Waals surface area contributed by atoms with Gasteiger partial charge in [-0.05, 0) is 37.8 Å². The molecule has 1 saturated heterocycles. The van der Waals surface area contributed by atoms with E-state index in [4.69, 9.17) is 0 Å². The van der Waals surface area contributed by atoms with Gasteiger partial charge in [-0.1, -0.05) is 19.3 Å². The van der Waals surface area contributed by atoms with Crippen LogP contribution < -0.4 is 10.2 Å². The largest absolute Gasteiger partial charge is 0.417 e. The molecule has 1 saturated carbocycles. The minimum absolute atomic E-state index is 0.0727. The number of pyridine rings is 1. The lowest BCUT2D eigenvalue weighted by atomic mass is 9.93. The summed E-state index contributed by atoms with van der Waals surface area (Å²) in [6, 6.07) is 2.72. The van der Waals surface area contributed by atoms with E-state index in [2.05, 4.69) is 10.3 Å². The number of nitrogens with zero attached hydrogens (tertiary/aromatic N) is 2. The Bertz CT molecular complexity index is 582. The summed E-state index contributed by atoms with van der Waals surface area (Å²) in [4.78, 5) is 18.4. The maximum absolute atomic E-state index is 12.6. The van der Waals surface area contributed by atoms with Crippen molar-refractivity contribution in [1.29, 1.82) is 0 Å². The summed E-state index contributed by atoms with van der Waals surface area (Å²) >= 11 is 0. The number of carbonyl (C=O) groups is 1. The molecular weight excluding hydrogens is 331 g/mol. The maximum atomic E-state index is 12.6. The molecule has 1 aliphatic heterocycles. The lowest BCUT2D eigenvalue weighted by molar-refractivity contribution is -0.137. The van der Waals surface area contributed by atoms with Gasteiger partial charge in [0, 0.05) is 25.3 Å². The van der Waals surface area contributed by atoms with Gasteiger partial charge in [0.1, 0.15) is 5.82 Å². The van der Waals surface area contributed by atoms with Crippen molar-refractivity contribution in [2.75, 3.05) is 18.0 Å². The van der Waals surface area contributed by atoms with Crippen molar-refractivity contribution in [1.82, 2.24) is 10.3 Å². The number of nitrogens with one attached hydrogen (secondary N) is 1. The van der Waals surface area contributed by atoms with Crippen LogP contribution in [0.2, 0.25) is 0 Å². The first-order valence-electron chi connectivity index (χ1n) is 9.02. The molecule has 0 aromatic carbocycles. The summed E-state index contributed by atoms with van der Waals surface area (Å²) in [5.74, 6) is 0.450. The van der Waals surface area contributed by atoms with E-state index in [-0.39, 0.29) is 17.9 Å². The van der Waals surface area contributed by atoms with E-state index in [1.807, 2.05) is 4.90 Å². The fourth-order valence-corrected chi connectivity index (χ4v) is 3.71. The zero-order valence-electron chi connectivity index (χ0n) is 14.2. The smallest absolute Gasteiger partial charge is 0.356 e. The highest BCUT2D eigenvalue weighted by molar-refractivity contribution is 5.79. The highest BCUT2D eigenvalue weighted by Gasteiger charge is 2.32. The second-order valence-electron chi connectivity index (χ2n) is 7.03. The van der Waals surface area contributed by atoms with Crippen molar-refractivity contribution >= 4 is 11.7 Å². The third-order valence-corrected chi connectivity index (χ3v) is 5.14. The Morgan fingerprint density at radius 2 is 1.88 bits per heavy atom. The van der Waals surface area contributed by atoms with Gasteiger partial charge in [-0.15, -0.1) is 0 Å². The topological polar surface area (TPSA) is 45.2 Å². The molecule has 4 nitrogen and oxygen atoms in total. The molecule has 1 N–H and O–H groups in total. The van der Waals surface area contributed by atoms with Crippen LogP contribution in [0.5, 0.6) is 0 Å². The summed E-state index contributed by atoms with van der Waals surface area (Å²) in [5.41, 5.74) is -0.750. The number of alkyl halides is 3. The summed E-state index contributed by atoms with van der Waals surface area (Å²) in [6.07, 6.45) is 3.79. The first-order chi connectivity index (χ1) is 11.9. The van der Waals surface area contributed by atoms with Gasteiger partial charge >= 0.3 is 6.18 Å². The van der Waals surface area contributed by atoms with Gasteiger partial charge in [0.2, 0.25) is 5.91 Å². The van der Waals surface area contributed by atoms with Gasteiger partial charge in [0.25, 0.3) is 0 Å². The molecule has 2 fully saturated rings. The van der Waals surface area contributed by atoms with Crippen LogP contribution in [0.1, 0.15) is 50.5 Å². The molecule has 1 unspecified atom stereocenters. The second-order valence-corrected chi connectivity index (χ2v) is 7.03. The molecule has 138 valence electrons. The van der Waals surface area contributed by atoms with Gasteiger partial charge in [-0.2, -0.15) is 13.2 Å². The fourth-order valence-electron chi connectivity index (χ4n) is 3.71. The fraction of sp³-hybridized carbons (Fsp3) is 0.667. The molecule has 3 rings (SSSR count). The number of carbonyl (C=O) groups excluding carboxylic acids is 1. The lowest BCUT2D eigenvalue weighted by Crippen LogP contribution is -2.46. The van der Waals surface area contributed by atoms with Crippen molar-refractivity contribution in [2.24, 2.45) is 5.92 Å². The van der Waals surface area contributed by atoms with Gasteiger partial charge in [0.05, 0.1) is 11.5 Å². The maximum Gasteiger partial charge on any atom is 0.417 e. The van der Waals surface area contributed by atoms with E-state index in [1.54, 1.807) is 0 Å². The SMILES string of the molecule is O=C(NC1CCCCC1)C1CCCN(c2ccc(C(F)(F)F)cn2)C1. The average molecular weight is 355 g/mol. The summed E-state index contributed by atoms with van der Waals surface area (Å²) in [6.45, 7) is 1.22. The van der Waals surface area contributed by atoms with Crippen molar-refractivity contribution < 1.29 is 18.0 Å². The Labute approximate surface area is 145 Å². The highest BCUT2D eigenvalue weighted by Crippen LogP contribution is 2.30. The standard InChI is InChI=1S/C18H24F3N3O/c19-18(20,21)14-8-9-16(22-11-14)24-10-4-5-13(12-24)17(25)23-15-6-2-1-3-7-15/h8-9,11,13,15H,1-7,10,12H2,(H,23,25). The number of amides is 1. The van der Waals surface area contributed by atoms with E-state index >= 15 is 0 Å². The minimum Gasteiger partial charge on any atom is -0.356 e. The van der Waals surface area contributed by atoms with E-state index in [1.165, 1.54) is 12.5 Å².